The lowest BCUT2D eigenvalue weighted by Gasteiger charge is -2.14. The minimum atomic E-state index is -1.33. The summed E-state index contributed by atoms with van der Waals surface area (Å²) in [5, 5.41) is 31.7. The zero-order valence-electron chi connectivity index (χ0n) is 13.1. The molecule has 0 aromatic carbocycles. The fourth-order valence-corrected chi connectivity index (χ4v) is 2.40. The lowest BCUT2D eigenvalue weighted by Crippen LogP contribution is -3.02. The number of nitrogens with zero attached hydrogens (tertiary/aromatic N) is 1. The summed E-state index contributed by atoms with van der Waals surface area (Å²) >= 11 is 0. The van der Waals surface area contributed by atoms with Gasteiger partial charge in [-0.1, -0.05) is 0 Å². The van der Waals surface area contributed by atoms with Gasteiger partial charge in [-0.15, -0.1) is 0 Å². The van der Waals surface area contributed by atoms with E-state index >= 15 is 0 Å². The van der Waals surface area contributed by atoms with Crippen molar-refractivity contribution < 1.29 is 34.6 Å². The molecule has 1 unspecified atom stereocenters. The van der Waals surface area contributed by atoms with Gasteiger partial charge in [-0.2, -0.15) is 0 Å². The molecule has 2 rings (SSSR count). The number of carbonyl (C=O) groups excluding carboxylic acids is 1. The smallest absolute Gasteiger partial charge is 0.354 e. The Morgan fingerprint density at radius 3 is 2.80 bits per heavy atom. The molecule has 2 aliphatic heterocycles. The van der Waals surface area contributed by atoms with Gasteiger partial charge in [0, 0.05) is 18.9 Å². The van der Waals surface area contributed by atoms with Crippen LogP contribution in [0.5, 0.6) is 0 Å². The van der Waals surface area contributed by atoms with Gasteiger partial charge in [0.25, 0.3) is 0 Å². The Kier molecular flexibility index (Phi) is 5.67. The molecular formula is C15H18N4O6. The van der Waals surface area contributed by atoms with Crippen molar-refractivity contribution >= 4 is 23.6 Å². The van der Waals surface area contributed by atoms with Crippen molar-refractivity contribution in [1.82, 2.24) is 5.32 Å². The molecule has 2 heterocycles. The number of hydrogen-bond acceptors (Lipinski definition) is 7. The van der Waals surface area contributed by atoms with E-state index in [2.05, 4.69) is 10.3 Å². The van der Waals surface area contributed by atoms with Gasteiger partial charge in [-0.3, -0.25) is 9.89 Å². The molecule has 134 valence electrons. The highest BCUT2D eigenvalue weighted by molar-refractivity contribution is 6.41. The van der Waals surface area contributed by atoms with E-state index in [0.717, 1.165) is 4.90 Å². The number of aliphatic carboxylic acids is 3. The molecule has 0 aromatic rings. The molecule has 0 radical (unpaired) electrons. The Morgan fingerprint density at radius 1 is 1.48 bits per heavy atom. The van der Waals surface area contributed by atoms with Crippen molar-refractivity contribution in [3.05, 3.63) is 35.8 Å². The van der Waals surface area contributed by atoms with E-state index in [1.165, 1.54) is 6.08 Å². The van der Waals surface area contributed by atoms with Crippen LogP contribution in [0.3, 0.4) is 0 Å². The highest BCUT2D eigenvalue weighted by Gasteiger charge is 2.25. The summed E-state index contributed by atoms with van der Waals surface area (Å²) in [6.45, 7) is 0.459. The van der Waals surface area contributed by atoms with Gasteiger partial charge in [0.15, 0.2) is 12.7 Å². The largest absolute Gasteiger partial charge is 0.548 e. The molecule has 0 aliphatic carbocycles. The third kappa shape index (κ3) is 4.99. The topological polar surface area (TPSA) is 170 Å². The molecule has 3 atom stereocenters. The number of rotatable bonds is 7. The second-order valence-electron chi connectivity index (χ2n) is 5.66. The van der Waals surface area contributed by atoms with Gasteiger partial charge in [0.05, 0.1) is 11.7 Å². The quantitative estimate of drug-likeness (QED) is 0.316. The van der Waals surface area contributed by atoms with Crippen LogP contribution >= 0.6 is 0 Å². The molecule has 0 amide bonds. The summed E-state index contributed by atoms with van der Waals surface area (Å²) in [6, 6.07) is -2.23. The first-order chi connectivity index (χ1) is 11.8. The Labute approximate surface area is 142 Å². The number of aliphatic imine (C=N–C) groups is 1. The molecule has 2 aliphatic rings. The number of allylic oxidation sites excluding steroid dienone is 1. The van der Waals surface area contributed by atoms with Crippen LogP contribution < -0.4 is 21.1 Å². The predicted octanol–water partition coefficient (Wildman–Crippen LogP) is -3.44. The van der Waals surface area contributed by atoms with Crippen LogP contribution in [-0.4, -0.2) is 52.6 Å². The van der Waals surface area contributed by atoms with Crippen molar-refractivity contribution in [1.29, 1.82) is 0 Å². The standard InChI is InChI=1S/C15H18N4O6/c16-10(13(20)21)5-9-6-19(7-17-9)2-1-8-3-11(14(22)23)18-12(4-8)15(24)25/h1-3,6,10,12,17H,4-5,7,16H2,(H,20,21)(H,22,23)(H,24,25)/b2-1+/t10-,12-/m0/s1. The van der Waals surface area contributed by atoms with Gasteiger partial charge >= 0.3 is 11.9 Å². The normalized spacial score (nSPS) is 24.1. The van der Waals surface area contributed by atoms with Gasteiger partial charge in [-0.05, 0) is 17.7 Å². The van der Waals surface area contributed by atoms with Crippen LogP contribution in [-0.2, 0) is 14.4 Å². The first-order valence-electron chi connectivity index (χ1n) is 7.45. The molecule has 0 aromatic heterocycles. The number of carbonyl (C=O) groups is 3. The number of carboxylic acids is 3. The van der Waals surface area contributed by atoms with Crippen LogP contribution in [0.15, 0.2) is 40.8 Å². The lowest BCUT2D eigenvalue weighted by molar-refractivity contribution is -0.785. The van der Waals surface area contributed by atoms with E-state index in [0.29, 0.717) is 17.9 Å². The maximum atomic E-state index is 11.1. The van der Waals surface area contributed by atoms with Crippen LogP contribution in [0.1, 0.15) is 12.8 Å². The Balaban J connectivity index is 2.05. The van der Waals surface area contributed by atoms with Crippen LogP contribution in [0.2, 0.25) is 0 Å². The van der Waals surface area contributed by atoms with Crippen LogP contribution in [0, 0.1) is 0 Å². The first kappa shape index (κ1) is 18.4. The number of nitrogens with two attached hydrogens (primary N) is 1. The Bertz CT molecular complexity index is 709. The highest BCUT2D eigenvalue weighted by Crippen LogP contribution is 2.16. The van der Waals surface area contributed by atoms with Gasteiger partial charge < -0.3 is 31.2 Å². The van der Waals surface area contributed by atoms with Crippen LogP contribution in [0.25, 0.3) is 0 Å². The number of carboxylic acid groups (broad SMARTS) is 3. The van der Waals surface area contributed by atoms with Crippen molar-refractivity contribution in [2.75, 3.05) is 6.67 Å². The number of dihydropyridines is 1. The molecular weight excluding hydrogens is 332 g/mol. The first-order valence-corrected chi connectivity index (χ1v) is 7.45. The third-order valence-corrected chi connectivity index (χ3v) is 3.68. The molecule has 10 nitrogen and oxygen atoms in total. The summed E-state index contributed by atoms with van der Waals surface area (Å²) in [6.07, 6.45) is 6.61. The molecule has 0 spiro atoms. The molecule has 0 saturated carbocycles. The third-order valence-electron chi connectivity index (χ3n) is 3.68. The van der Waals surface area contributed by atoms with Crippen molar-refractivity contribution in [2.24, 2.45) is 10.7 Å². The molecule has 0 fully saturated rings. The Morgan fingerprint density at radius 2 is 2.20 bits per heavy atom. The van der Waals surface area contributed by atoms with Gasteiger partial charge in [0.1, 0.15) is 18.1 Å². The maximum absolute atomic E-state index is 11.1. The molecule has 0 saturated heterocycles. The average Bonchev–Trinajstić information content (AvgIpc) is 2.99. The van der Waals surface area contributed by atoms with E-state index in [4.69, 9.17) is 15.9 Å². The van der Waals surface area contributed by atoms with E-state index < -0.39 is 30.0 Å². The lowest BCUT2D eigenvalue weighted by atomic mass is 10.0. The van der Waals surface area contributed by atoms with E-state index in [1.807, 2.05) is 0 Å². The molecule has 25 heavy (non-hydrogen) atoms. The summed E-state index contributed by atoms with van der Waals surface area (Å²) in [5.74, 6) is -3.81. The van der Waals surface area contributed by atoms with E-state index in [-0.39, 0.29) is 18.6 Å². The van der Waals surface area contributed by atoms with Crippen LogP contribution in [0.4, 0.5) is 0 Å². The Hall–Kier alpha value is -2.98. The van der Waals surface area contributed by atoms with Crippen molar-refractivity contribution in [2.45, 2.75) is 24.9 Å². The monoisotopic (exact) mass is 350 g/mol. The maximum Gasteiger partial charge on any atom is 0.354 e. The number of quaternary nitrogens is 1. The summed E-state index contributed by atoms with van der Waals surface area (Å²) < 4.78 is 0. The second-order valence-corrected chi connectivity index (χ2v) is 5.66. The highest BCUT2D eigenvalue weighted by atomic mass is 16.4. The van der Waals surface area contributed by atoms with E-state index in [9.17, 15) is 19.5 Å². The minimum absolute atomic E-state index is 0.0927. The summed E-state index contributed by atoms with van der Waals surface area (Å²) in [7, 11) is 0. The second kappa shape index (κ2) is 7.73. The zero-order valence-corrected chi connectivity index (χ0v) is 13.1. The molecule has 6 N–H and O–H groups in total. The summed E-state index contributed by atoms with van der Waals surface area (Å²) in [5.41, 5.74) is 6.30. The molecule has 10 heteroatoms. The minimum Gasteiger partial charge on any atom is -0.548 e. The number of hydrogen-bond donors (Lipinski definition) is 5. The van der Waals surface area contributed by atoms with Crippen molar-refractivity contribution in [3.63, 3.8) is 0 Å². The SMILES string of the molecule is N[C@@H](CC1=C[NH+](/C=C/C2=CC(C(=O)O)=N[C@H](C(=O)O)C2)CN1)C(=O)[O-]. The van der Waals surface area contributed by atoms with E-state index in [1.54, 1.807) is 18.5 Å². The van der Waals surface area contributed by atoms with Gasteiger partial charge in [-0.25, -0.2) is 9.59 Å². The zero-order chi connectivity index (χ0) is 18.6. The fraction of sp³-hybridized carbons (Fsp3) is 0.333. The summed E-state index contributed by atoms with van der Waals surface area (Å²) in [4.78, 5) is 37.3. The molecule has 0 bridgehead atoms. The van der Waals surface area contributed by atoms with Crippen molar-refractivity contribution in [3.8, 4) is 0 Å². The van der Waals surface area contributed by atoms with Gasteiger partial charge in [0.2, 0.25) is 0 Å². The average molecular weight is 350 g/mol. The predicted molar refractivity (Wildman–Crippen MR) is 83.0 cm³/mol. The number of nitrogens with one attached hydrogen (secondary N) is 2. The fourth-order valence-electron chi connectivity index (χ4n) is 2.40.